The SMILES string of the molecule is NC(=S)C1(NC(=O)c2cccc(F)c2F)CCCCC1. The highest BCUT2D eigenvalue weighted by atomic mass is 32.1. The Labute approximate surface area is 121 Å². The van der Waals surface area contributed by atoms with Gasteiger partial charge < -0.3 is 11.1 Å². The van der Waals surface area contributed by atoms with Gasteiger partial charge in [-0.25, -0.2) is 8.78 Å². The minimum Gasteiger partial charge on any atom is -0.391 e. The van der Waals surface area contributed by atoms with Gasteiger partial charge in [0.05, 0.1) is 16.1 Å². The smallest absolute Gasteiger partial charge is 0.255 e. The van der Waals surface area contributed by atoms with E-state index in [1.165, 1.54) is 12.1 Å². The minimum absolute atomic E-state index is 0.197. The number of halogens is 2. The Morgan fingerprint density at radius 3 is 2.50 bits per heavy atom. The van der Waals surface area contributed by atoms with E-state index in [1.54, 1.807) is 0 Å². The molecule has 1 saturated carbocycles. The molecule has 1 aliphatic carbocycles. The van der Waals surface area contributed by atoms with Gasteiger partial charge in [-0.15, -0.1) is 0 Å². The van der Waals surface area contributed by atoms with E-state index in [9.17, 15) is 13.6 Å². The molecular weight excluding hydrogens is 282 g/mol. The van der Waals surface area contributed by atoms with Crippen LogP contribution in [0.4, 0.5) is 8.78 Å². The number of benzene rings is 1. The molecule has 2 rings (SSSR count). The summed E-state index contributed by atoms with van der Waals surface area (Å²) < 4.78 is 26.8. The molecule has 1 aromatic carbocycles. The Morgan fingerprint density at radius 1 is 1.25 bits per heavy atom. The third-order valence-corrected chi connectivity index (χ3v) is 4.12. The molecule has 108 valence electrons. The van der Waals surface area contributed by atoms with Crippen molar-refractivity contribution in [1.82, 2.24) is 5.32 Å². The summed E-state index contributed by atoms with van der Waals surface area (Å²) >= 11 is 5.05. The standard InChI is InChI=1S/C14H16F2N2OS/c15-10-6-4-5-9(11(10)16)12(19)18-14(13(17)20)7-2-1-3-8-14/h4-6H,1-3,7-8H2,(H2,17,20)(H,18,19). The average Bonchev–Trinajstić information content (AvgIpc) is 2.42. The first-order valence-electron chi connectivity index (χ1n) is 6.53. The minimum atomic E-state index is -1.15. The molecule has 20 heavy (non-hydrogen) atoms. The number of amides is 1. The summed E-state index contributed by atoms with van der Waals surface area (Å²) in [6.45, 7) is 0. The molecule has 0 atom stereocenters. The van der Waals surface area contributed by atoms with Gasteiger partial charge in [-0.2, -0.15) is 0 Å². The number of carbonyl (C=O) groups excluding carboxylic acids is 1. The molecule has 1 aromatic rings. The maximum Gasteiger partial charge on any atom is 0.255 e. The zero-order valence-corrected chi connectivity index (χ0v) is 11.7. The molecule has 3 N–H and O–H groups in total. The Kier molecular flexibility index (Phi) is 4.32. The molecule has 1 fully saturated rings. The van der Waals surface area contributed by atoms with E-state index in [0.717, 1.165) is 25.3 Å². The summed E-state index contributed by atoms with van der Waals surface area (Å²) in [7, 11) is 0. The van der Waals surface area contributed by atoms with Crippen molar-refractivity contribution in [3.8, 4) is 0 Å². The van der Waals surface area contributed by atoms with E-state index in [2.05, 4.69) is 5.32 Å². The molecule has 3 nitrogen and oxygen atoms in total. The fourth-order valence-electron chi connectivity index (χ4n) is 2.55. The van der Waals surface area contributed by atoms with E-state index >= 15 is 0 Å². The van der Waals surface area contributed by atoms with Crippen LogP contribution in [0.2, 0.25) is 0 Å². The Balaban J connectivity index is 2.25. The van der Waals surface area contributed by atoms with Crippen LogP contribution < -0.4 is 11.1 Å². The monoisotopic (exact) mass is 298 g/mol. The number of thiocarbonyl (C=S) groups is 1. The summed E-state index contributed by atoms with van der Waals surface area (Å²) in [6.07, 6.45) is 4.09. The molecule has 6 heteroatoms. The average molecular weight is 298 g/mol. The van der Waals surface area contributed by atoms with Crippen molar-refractivity contribution >= 4 is 23.1 Å². The zero-order valence-electron chi connectivity index (χ0n) is 10.9. The third kappa shape index (κ3) is 2.80. The molecule has 0 saturated heterocycles. The number of nitrogens with one attached hydrogen (secondary N) is 1. The van der Waals surface area contributed by atoms with Gasteiger partial charge in [-0.05, 0) is 25.0 Å². The van der Waals surface area contributed by atoms with E-state index < -0.39 is 23.1 Å². The number of carbonyl (C=O) groups is 1. The van der Waals surface area contributed by atoms with Gasteiger partial charge in [-0.3, -0.25) is 4.79 Å². The predicted octanol–water partition coefficient (Wildman–Crippen LogP) is 2.68. The molecule has 1 amide bonds. The maximum atomic E-state index is 13.6. The molecule has 0 radical (unpaired) electrons. The highest BCUT2D eigenvalue weighted by Crippen LogP contribution is 2.29. The van der Waals surface area contributed by atoms with Crippen LogP contribution in [0, 0.1) is 11.6 Å². The van der Waals surface area contributed by atoms with Gasteiger partial charge in [-0.1, -0.05) is 37.5 Å². The summed E-state index contributed by atoms with van der Waals surface area (Å²) in [5.41, 5.74) is 4.63. The lowest BCUT2D eigenvalue weighted by molar-refractivity contribution is 0.0903. The maximum absolute atomic E-state index is 13.6. The topological polar surface area (TPSA) is 55.1 Å². The summed E-state index contributed by atoms with van der Waals surface area (Å²) in [4.78, 5) is 12.4. The molecular formula is C14H16F2N2OS. The molecule has 1 aliphatic rings. The second kappa shape index (κ2) is 5.83. The predicted molar refractivity (Wildman–Crippen MR) is 76.4 cm³/mol. The number of hydrogen-bond donors (Lipinski definition) is 2. The van der Waals surface area contributed by atoms with Crippen molar-refractivity contribution in [1.29, 1.82) is 0 Å². The first kappa shape index (κ1) is 14.8. The molecule has 0 aromatic heterocycles. The van der Waals surface area contributed by atoms with Crippen molar-refractivity contribution in [2.75, 3.05) is 0 Å². The van der Waals surface area contributed by atoms with Crippen molar-refractivity contribution in [3.05, 3.63) is 35.4 Å². The van der Waals surface area contributed by atoms with E-state index in [1.807, 2.05) is 0 Å². The fraction of sp³-hybridized carbons (Fsp3) is 0.429. The van der Waals surface area contributed by atoms with Gasteiger partial charge in [0.25, 0.3) is 5.91 Å². The molecule has 0 bridgehead atoms. The summed E-state index contributed by atoms with van der Waals surface area (Å²) in [6, 6.07) is 3.50. The van der Waals surface area contributed by atoms with Gasteiger partial charge in [0.15, 0.2) is 11.6 Å². The summed E-state index contributed by atoms with van der Waals surface area (Å²) in [5.74, 6) is -2.89. The van der Waals surface area contributed by atoms with Crippen molar-refractivity contribution in [3.63, 3.8) is 0 Å². The second-order valence-electron chi connectivity index (χ2n) is 5.06. The quantitative estimate of drug-likeness (QED) is 0.844. The van der Waals surface area contributed by atoms with E-state index in [0.29, 0.717) is 12.8 Å². The van der Waals surface area contributed by atoms with Crippen LogP contribution in [0.3, 0.4) is 0 Å². The Morgan fingerprint density at radius 2 is 1.90 bits per heavy atom. The van der Waals surface area contributed by atoms with Crippen LogP contribution >= 0.6 is 12.2 Å². The lowest BCUT2D eigenvalue weighted by Gasteiger charge is -2.37. The van der Waals surface area contributed by atoms with Crippen LogP contribution in [0.1, 0.15) is 42.5 Å². The van der Waals surface area contributed by atoms with Crippen molar-refractivity contribution < 1.29 is 13.6 Å². The van der Waals surface area contributed by atoms with Gasteiger partial charge in [0.1, 0.15) is 0 Å². The lowest BCUT2D eigenvalue weighted by Crippen LogP contribution is -2.57. The largest absolute Gasteiger partial charge is 0.391 e. The molecule has 0 spiro atoms. The first-order chi connectivity index (χ1) is 9.46. The van der Waals surface area contributed by atoms with Crippen LogP contribution in [0.5, 0.6) is 0 Å². The zero-order chi connectivity index (χ0) is 14.8. The number of nitrogens with two attached hydrogens (primary N) is 1. The highest BCUT2D eigenvalue weighted by Gasteiger charge is 2.37. The molecule has 0 heterocycles. The number of rotatable bonds is 3. The van der Waals surface area contributed by atoms with Crippen LogP contribution in [0.25, 0.3) is 0 Å². The fourth-order valence-corrected chi connectivity index (χ4v) is 2.81. The van der Waals surface area contributed by atoms with Crippen molar-refractivity contribution in [2.45, 2.75) is 37.6 Å². The second-order valence-corrected chi connectivity index (χ2v) is 5.50. The first-order valence-corrected chi connectivity index (χ1v) is 6.93. The van der Waals surface area contributed by atoms with Crippen molar-refractivity contribution in [2.24, 2.45) is 5.73 Å². The molecule has 0 aliphatic heterocycles. The van der Waals surface area contributed by atoms with E-state index in [-0.39, 0.29) is 10.6 Å². The Hall–Kier alpha value is -1.56. The van der Waals surface area contributed by atoms with E-state index in [4.69, 9.17) is 18.0 Å². The Bertz CT molecular complexity index is 542. The summed E-state index contributed by atoms with van der Waals surface area (Å²) in [5, 5.41) is 2.70. The normalized spacial score (nSPS) is 17.5. The van der Waals surface area contributed by atoms with Crippen LogP contribution in [-0.4, -0.2) is 16.4 Å². The third-order valence-electron chi connectivity index (χ3n) is 3.73. The van der Waals surface area contributed by atoms with Gasteiger partial charge in [0, 0.05) is 0 Å². The number of hydrogen-bond acceptors (Lipinski definition) is 2. The van der Waals surface area contributed by atoms with Crippen LogP contribution in [-0.2, 0) is 0 Å². The van der Waals surface area contributed by atoms with Gasteiger partial charge in [0.2, 0.25) is 0 Å². The highest BCUT2D eigenvalue weighted by molar-refractivity contribution is 7.80. The lowest BCUT2D eigenvalue weighted by atomic mass is 9.81. The molecule has 0 unspecified atom stereocenters. The van der Waals surface area contributed by atoms with Gasteiger partial charge >= 0.3 is 0 Å². The van der Waals surface area contributed by atoms with Crippen LogP contribution in [0.15, 0.2) is 18.2 Å².